The third-order valence-corrected chi connectivity index (χ3v) is 4.02. The van der Waals surface area contributed by atoms with Crippen LogP contribution in [0.1, 0.15) is 24.4 Å². The molecule has 2 aromatic heterocycles. The molecule has 1 aliphatic rings. The fraction of sp³-hybridized carbons (Fsp3) is 0.294. The Kier molecular flexibility index (Phi) is 3.27. The van der Waals surface area contributed by atoms with Crippen molar-refractivity contribution in [1.82, 2.24) is 14.9 Å². The van der Waals surface area contributed by atoms with E-state index in [0.717, 1.165) is 17.8 Å². The lowest BCUT2D eigenvalue weighted by atomic mass is 10.2. The molecule has 0 radical (unpaired) electrons. The summed E-state index contributed by atoms with van der Waals surface area (Å²) in [5.41, 5.74) is 0.671. The van der Waals surface area contributed by atoms with Gasteiger partial charge in [0.1, 0.15) is 11.6 Å². The van der Waals surface area contributed by atoms with Crippen LogP contribution < -0.4 is 5.56 Å². The summed E-state index contributed by atoms with van der Waals surface area (Å²) in [5.74, 6) is 1.65. The van der Waals surface area contributed by atoms with Crippen molar-refractivity contribution in [2.75, 3.05) is 0 Å². The van der Waals surface area contributed by atoms with Gasteiger partial charge in [0.25, 0.3) is 5.56 Å². The fourth-order valence-electron chi connectivity index (χ4n) is 2.76. The molecule has 5 nitrogen and oxygen atoms in total. The van der Waals surface area contributed by atoms with Crippen LogP contribution >= 0.6 is 0 Å². The standard InChI is InChI=1S/C17H17N3O2/c21-17-14-5-1-2-6-15(14)18-16(19-17)11-20(12-7-8-12)10-13-4-3-9-22-13/h1-6,9,12H,7-8,10-11H2,(H,18,19,21). The maximum absolute atomic E-state index is 12.2. The third-order valence-electron chi connectivity index (χ3n) is 4.02. The molecule has 0 aliphatic heterocycles. The van der Waals surface area contributed by atoms with Gasteiger partial charge in [0.15, 0.2) is 0 Å². The molecule has 4 rings (SSSR count). The van der Waals surface area contributed by atoms with Crippen molar-refractivity contribution in [2.45, 2.75) is 32.0 Å². The van der Waals surface area contributed by atoms with E-state index in [4.69, 9.17) is 4.42 Å². The Morgan fingerprint density at radius 3 is 2.82 bits per heavy atom. The minimum absolute atomic E-state index is 0.0747. The maximum atomic E-state index is 12.2. The predicted octanol–water partition coefficient (Wildman–Crippen LogP) is 2.68. The van der Waals surface area contributed by atoms with Crippen molar-refractivity contribution < 1.29 is 4.42 Å². The average molecular weight is 295 g/mol. The van der Waals surface area contributed by atoms with E-state index in [-0.39, 0.29) is 5.56 Å². The van der Waals surface area contributed by atoms with Crippen LogP contribution in [0.15, 0.2) is 51.9 Å². The van der Waals surface area contributed by atoms with Crippen LogP contribution in [0.2, 0.25) is 0 Å². The van der Waals surface area contributed by atoms with Gasteiger partial charge in [-0.25, -0.2) is 4.98 Å². The smallest absolute Gasteiger partial charge is 0.258 e. The van der Waals surface area contributed by atoms with Gasteiger partial charge in [0.2, 0.25) is 0 Å². The van der Waals surface area contributed by atoms with Gasteiger partial charge < -0.3 is 9.40 Å². The van der Waals surface area contributed by atoms with Gasteiger partial charge in [0.05, 0.1) is 30.3 Å². The van der Waals surface area contributed by atoms with Gasteiger partial charge in [-0.2, -0.15) is 0 Å². The van der Waals surface area contributed by atoms with Crippen molar-refractivity contribution in [3.63, 3.8) is 0 Å². The molecular weight excluding hydrogens is 278 g/mol. The number of hydrogen-bond acceptors (Lipinski definition) is 4. The number of aromatic amines is 1. The molecular formula is C17H17N3O2. The van der Waals surface area contributed by atoms with Crippen LogP contribution in [0.4, 0.5) is 0 Å². The lowest BCUT2D eigenvalue weighted by Gasteiger charge is -2.20. The molecule has 1 N–H and O–H groups in total. The minimum Gasteiger partial charge on any atom is -0.468 e. The normalized spacial score (nSPS) is 14.8. The maximum Gasteiger partial charge on any atom is 0.258 e. The highest BCUT2D eigenvalue weighted by atomic mass is 16.3. The van der Waals surface area contributed by atoms with Gasteiger partial charge in [0, 0.05) is 6.04 Å². The topological polar surface area (TPSA) is 62.1 Å². The number of para-hydroxylation sites is 1. The number of nitrogens with one attached hydrogen (secondary N) is 1. The minimum atomic E-state index is -0.0747. The second kappa shape index (κ2) is 5.42. The summed E-state index contributed by atoms with van der Waals surface area (Å²) >= 11 is 0. The molecule has 22 heavy (non-hydrogen) atoms. The van der Waals surface area contributed by atoms with E-state index in [1.165, 1.54) is 12.8 Å². The zero-order valence-electron chi connectivity index (χ0n) is 12.2. The summed E-state index contributed by atoms with van der Waals surface area (Å²) in [6, 6.07) is 11.9. The summed E-state index contributed by atoms with van der Waals surface area (Å²) in [6.45, 7) is 1.37. The summed E-state index contributed by atoms with van der Waals surface area (Å²) < 4.78 is 5.44. The summed E-state index contributed by atoms with van der Waals surface area (Å²) in [6.07, 6.45) is 4.08. The molecule has 1 saturated carbocycles. The fourth-order valence-corrected chi connectivity index (χ4v) is 2.76. The van der Waals surface area contributed by atoms with Crippen molar-refractivity contribution >= 4 is 10.9 Å². The van der Waals surface area contributed by atoms with Crippen LogP contribution in [0.3, 0.4) is 0 Å². The van der Waals surface area contributed by atoms with Gasteiger partial charge in [-0.3, -0.25) is 9.69 Å². The van der Waals surface area contributed by atoms with Crippen LogP contribution in [0, 0.1) is 0 Å². The highest BCUT2D eigenvalue weighted by Crippen LogP contribution is 2.29. The highest BCUT2D eigenvalue weighted by Gasteiger charge is 2.30. The predicted molar refractivity (Wildman–Crippen MR) is 83.3 cm³/mol. The van der Waals surface area contributed by atoms with Crippen molar-refractivity contribution in [2.24, 2.45) is 0 Å². The number of rotatable bonds is 5. The second-order valence-corrected chi connectivity index (χ2v) is 5.75. The molecule has 2 heterocycles. The molecule has 0 unspecified atom stereocenters. The molecule has 0 atom stereocenters. The molecule has 0 bridgehead atoms. The SMILES string of the molecule is O=c1[nH]c(CN(Cc2ccco2)C2CC2)nc2ccccc12. The number of nitrogens with zero attached hydrogens (tertiary/aromatic N) is 2. The van der Waals surface area contributed by atoms with Crippen molar-refractivity contribution in [1.29, 1.82) is 0 Å². The first-order valence-electron chi connectivity index (χ1n) is 7.54. The zero-order chi connectivity index (χ0) is 14.9. The summed E-state index contributed by atoms with van der Waals surface area (Å²) in [7, 11) is 0. The van der Waals surface area contributed by atoms with E-state index >= 15 is 0 Å². The Morgan fingerprint density at radius 2 is 2.05 bits per heavy atom. The number of aromatic nitrogens is 2. The third kappa shape index (κ3) is 2.67. The van der Waals surface area contributed by atoms with Gasteiger partial charge >= 0.3 is 0 Å². The Balaban J connectivity index is 1.62. The van der Waals surface area contributed by atoms with E-state index in [2.05, 4.69) is 14.9 Å². The number of benzene rings is 1. The monoisotopic (exact) mass is 295 g/mol. The van der Waals surface area contributed by atoms with E-state index in [1.54, 1.807) is 12.3 Å². The molecule has 112 valence electrons. The first-order chi connectivity index (χ1) is 10.8. The molecule has 1 fully saturated rings. The first-order valence-corrected chi connectivity index (χ1v) is 7.54. The molecule has 1 aliphatic carbocycles. The first kappa shape index (κ1) is 13.3. The Hall–Kier alpha value is -2.40. The molecule has 0 saturated heterocycles. The summed E-state index contributed by atoms with van der Waals surface area (Å²) in [5, 5.41) is 0.634. The summed E-state index contributed by atoms with van der Waals surface area (Å²) in [4.78, 5) is 22.0. The number of fused-ring (bicyclic) bond motifs is 1. The molecule has 3 aromatic rings. The van der Waals surface area contributed by atoms with E-state index in [9.17, 15) is 4.79 Å². The Labute approximate surface area is 127 Å². The Morgan fingerprint density at radius 1 is 1.18 bits per heavy atom. The van der Waals surface area contributed by atoms with Crippen LogP contribution in [0.5, 0.6) is 0 Å². The quantitative estimate of drug-likeness (QED) is 0.786. The lowest BCUT2D eigenvalue weighted by molar-refractivity contribution is 0.220. The number of H-pyrrole nitrogens is 1. The largest absolute Gasteiger partial charge is 0.468 e. The van der Waals surface area contributed by atoms with Crippen LogP contribution in [-0.2, 0) is 13.1 Å². The molecule has 1 aromatic carbocycles. The zero-order valence-corrected chi connectivity index (χ0v) is 12.2. The van der Waals surface area contributed by atoms with Gasteiger partial charge in [-0.05, 0) is 37.1 Å². The van der Waals surface area contributed by atoms with Crippen LogP contribution in [-0.4, -0.2) is 20.9 Å². The molecule has 0 amide bonds. The van der Waals surface area contributed by atoms with Gasteiger partial charge in [-0.1, -0.05) is 12.1 Å². The highest BCUT2D eigenvalue weighted by molar-refractivity contribution is 5.77. The second-order valence-electron chi connectivity index (χ2n) is 5.75. The van der Waals surface area contributed by atoms with E-state index < -0.39 is 0 Å². The van der Waals surface area contributed by atoms with Gasteiger partial charge in [-0.15, -0.1) is 0 Å². The molecule has 0 spiro atoms. The number of furan rings is 1. The Bertz CT molecular complexity index is 834. The lowest BCUT2D eigenvalue weighted by Crippen LogP contribution is -2.27. The van der Waals surface area contributed by atoms with Crippen LogP contribution in [0.25, 0.3) is 10.9 Å². The van der Waals surface area contributed by atoms with Crippen molar-refractivity contribution in [3.05, 3.63) is 64.6 Å². The van der Waals surface area contributed by atoms with Crippen molar-refractivity contribution in [3.8, 4) is 0 Å². The van der Waals surface area contributed by atoms with E-state index in [1.807, 2.05) is 30.3 Å². The van der Waals surface area contributed by atoms with E-state index in [0.29, 0.717) is 23.8 Å². The number of hydrogen-bond donors (Lipinski definition) is 1. The average Bonchev–Trinajstić information content (AvgIpc) is 3.25. The molecule has 5 heteroatoms.